The first-order valence-electron chi connectivity index (χ1n) is 8.41. The van der Waals surface area contributed by atoms with E-state index in [0.717, 1.165) is 6.42 Å². The molecule has 0 amide bonds. The van der Waals surface area contributed by atoms with Gasteiger partial charge in [-0.1, -0.05) is 0 Å². The molecule has 0 radical (unpaired) electrons. The van der Waals surface area contributed by atoms with Crippen molar-refractivity contribution in [2.45, 2.75) is 40.3 Å². The maximum atomic E-state index is 6.64. The van der Waals surface area contributed by atoms with Crippen molar-refractivity contribution in [3.05, 3.63) is 67.1 Å². The van der Waals surface area contributed by atoms with Gasteiger partial charge in [-0.15, -0.1) is 0 Å². The molecule has 0 spiro atoms. The first kappa shape index (κ1) is 18.8. The van der Waals surface area contributed by atoms with Gasteiger partial charge in [-0.2, -0.15) is 0 Å². The van der Waals surface area contributed by atoms with Gasteiger partial charge in [0.05, 0.1) is 0 Å². The Morgan fingerprint density at radius 3 is 2.38 bits per heavy atom. The first-order valence-corrected chi connectivity index (χ1v) is 21.6. The molecule has 24 heavy (non-hydrogen) atoms. The van der Waals surface area contributed by atoms with Crippen LogP contribution in [0.2, 0.25) is 13.1 Å². The zero-order chi connectivity index (χ0) is 17.6. The van der Waals surface area contributed by atoms with Gasteiger partial charge in [0, 0.05) is 0 Å². The molecular formula is C20H23Cl2HfSi. The fourth-order valence-electron chi connectivity index (χ4n) is 4.10. The molecule has 0 bridgehead atoms. The second kappa shape index (κ2) is 7.30. The summed E-state index contributed by atoms with van der Waals surface area (Å²) in [6, 6.07) is 0. The van der Waals surface area contributed by atoms with Crippen molar-refractivity contribution in [3.8, 4) is 0 Å². The standard InChI is InChI=1S/C20H23Si.2ClH.Hf/c1-13-10-11-18(21(4)5)15(3)20-17(13)12-14(2)19(20)16-8-6-7-9-16;;;/h6-8,10-11,15H,9H2,1-5H3;2*1H;/q;;;+2/p-2. The molecule has 0 nitrogen and oxygen atoms in total. The molecule has 3 rings (SSSR count). The molecule has 125 valence electrons. The first-order chi connectivity index (χ1) is 11.3. The molecule has 0 saturated carbocycles. The van der Waals surface area contributed by atoms with E-state index in [4.69, 9.17) is 17.2 Å². The minimum atomic E-state index is -2.72. The number of rotatable bonds is 2. The number of halogens is 2. The van der Waals surface area contributed by atoms with E-state index >= 15 is 0 Å². The number of fused-ring (bicyclic) bond motifs is 1. The van der Waals surface area contributed by atoms with Crippen LogP contribution in [0.5, 0.6) is 0 Å². The van der Waals surface area contributed by atoms with Crippen molar-refractivity contribution in [1.29, 1.82) is 0 Å². The predicted molar refractivity (Wildman–Crippen MR) is 107 cm³/mol. The second-order valence-electron chi connectivity index (χ2n) is 6.94. The molecular weight excluding hydrogens is 518 g/mol. The maximum absolute atomic E-state index is 6.64. The summed E-state index contributed by atoms with van der Waals surface area (Å²) in [6.45, 7) is 11.6. The van der Waals surface area contributed by atoms with Crippen LogP contribution in [0.1, 0.15) is 27.2 Å². The fourth-order valence-corrected chi connectivity index (χ4v) is 12.7. The summed E-state index contributed by atoms with van der Waals surface area (Å²) in [5.74, 6) is 0.445. The van der Waals surface area contributed by atoms with Gasteiger partial charge in [0.2, 0.25) is 0 Å². The van der Waals surface area contributed by atoms with Crippen molar-refractivity contribution in [1.82, 2.24) is 0 Å². The molecule has 0 fully saturated rings. The van der Waals surface area contributed by atoms with Gasteiger partial charge in [-0.05, 0) is 0 Å². The van der Waals surface area contributed by atoms with Gasteiger partial charge in [0.15, 0.2) is 0 Å². The van der Waals surface area contributed by atoms with Gasteiger partial charge in [-0.25, -0.2) is 0 Å². The van der Waals surface area contributed by atoms with Crippen LogP contribution in [-0.4, -0.2) is 13.6 Å². The zero-order valence-corrected chi connectivity index (χ0v) is 21.0. The molecule has 3 aliphatic carbocycles. The molecule has 0 saturated heterocycles. The van der Waals surface area contributed by atoms with Crippen LogP contribution in [0, 0.1) is 5.92 Å². The van der Waals surface area contributed by atoms with Gasteiger partial charge in [0.1, 0.15) is 0 Å². The summed E-state index contributed by atoms with van der Waals surface area (Å²) in [5.41, 5.74) is 8.41. The van der Waals surface area contributed by atoms with Crippen molar-refractivity contribution in [2.24, 2.45) is 5.92 Å². The van der Waals surface area contributed by atoms with Crippen molar-refractivity contribution in [2.75, 3.05) is 0 Å². The van der Waals surface area contributed by atoms with E-state index < -0.39 is 27.5 Å². The van der Waals surface area contributed by atoms with E-state index in [1.807, 2.05) is 0 Å². The van der Waals surface area contributed by atoms with Crippen LogP contribution >= 0.6 is 17.2 Å². The summed E-state index contributed by atoms with van der Waals surface area (Å²) >= 11 is -2.72. The molecule has 1 atom stereocenters. The van der Waals surface area contributed by atoms with Gasteiger partial charge >= 0.3 is 163 Å². The van der Waals surface area contributed by atoms with E-state index in [-0.39, 0.29) is 0 Å². The summed E-state index contributed by atoms with van der Waals surface area (Å²) < 4.78 is 1.32. The number of allylic oxidation sites excluding steroid dienone is 12. The molecule has 0 N–H and O–H groups in total. The van der Waals surface area contributed by atoms with E-state index in [0.29, 0.717) is 5.92 Å². The average molecular weight is 541 g/mol. The normalized spacial score (nSPS) is 23.2. The molecule has 3 aliphatic rings. The van der Waals surface area contributed by atoms with Crippen LogP contribution < -0.4 is 0 Å². The Bertz CT molecular complexity index is 813. The van der Waals surface area contributed by atoms with Gasteiger partial charge < -0.3 is 0 Å². The average Bonchev–Trinajstić information content (AvgIpc) is 3.08. The van der Waals surface area contributed by atoms with E-state index in [1.165, 1.54) is 36.8 Å². The topological polar surface area (TPSA) is 0 Å². The summed E-state index contributed by atoms with van der Waals surface area (Å²) in [4.78, 5) is 0. The van der Waals surface area contributed by atoms with E-state index in [1.54, 1.807) is 5.17 Å². The number of hydrogen-bond acceptors (Lipinski definition) is 0. The van der Waals surface area contributed by atoms with Crippen molar-refractivity contribution >= 4 is 30.7 Å². The van der Waals surface area contributed by atoms with Crippen LogP contribution in [0.15, 0.2) is 67.1 Å². The van der Waals surface area contributed by atoms with Crippen LogP contribution in [0.3, 0.4) is 0 Å². The SMILES string of the molecule is CC1=C2C(=C(C3=CC=CC3)C(C)=[C]2[Hf]([Cl])[Cl])C(C)C(=[Si](C)C)C=C1. The Kier molecular flexibility index (Phi) is 5.71. The molecule has 0 aromatic heterocycles. The minimum absolute atomic E-state index is 0.445. The van der Waals surface area contributed by atoms with Crippen LogP contribution in [0.25, 0.3) is 0 Å². The van der Waals surface area contributed by atoms with Gasteiger partial charge in [-0.3, -0.25) is 0 Å². The molecule has 1 unspecified atom stereocenters. The quantitative estimate of drug-likeness (QED) is 0.355. The number of hydrogen-bond donors (Lipinski definition) is 0. The van der Waals surface area contributed by atoms with E-state index in [2.05, 4.69) is 64.2 Å². The molecule has 0 aromatic carbocycles. The third-order valence-electron chi connectivity index (χ3n) is 5.20. The van der Waals surface area contributed by atoms with Crippen molar-refractivity contribution < 1.29 is 19.1 Å². The van der Waals surface area contributed by atoms with Gasteiger partial charge in [0.25, 0.3) is 0 Å². The Morgan fingerprint density at radius 2 is 1.83 bits per heavy atom. The second-order valence-corrected chi connectivity index (χ2v) is 21.0. The Balaban J connectivity index is 2.33. The molecule has 0 aromatic rings. The van der Waals surface area contributed by atoms with E-state index in [9.17, 15) is 0 Å². The summed E-state index contributed by atoms with van der Waals surface area (Å²) in [5, 5.41) is 1.60. The molecule has 0 heterocycles. The van der Waals surface area contributed by atoms with Crippen LogP contribution in [-0.2, 0) is 19.1 Å². The Hall–Kier alpha value is -0.0230. The van der Waals surface area contributed by atoms with Crippen LogP contribution in [0.4, 0.5) is 0 Å². The predicted octanol–water partition coefficient (Wildman–Crippen LogP) is 6.41. The summed E-state index contributed by atoms with van der Waals surface area (Å²) in [6.07, 6.45) is 12.4. The third kappa shape index (κ3) is 3.09. The fraction of sp³-hybridized carbons (Fsp3) is 0.350. The Labute approximate surface area is 162 Å². The third-order valence-corrected chi connectivity index (χ3v) is 13.7. The zero-order valence-electron chi connectivity index (χ0n) is 14.9. The van der Waals surface area contributed by atoms with Crippen molar-refractivity contribution in [3.63, 3.8) is 0 Å². The molecule has 4 heteroatoms. The Morgan fingerprint density at radius 1 is 1.12 bits per heavy atom. The molecule has 0 aliphatic heterocycles. The monoisotopic (exact) mass is 541 g/mol. The summed E-state index contributed by atoms with van der Waals surface area (Å²) in [7, 11) is 12.8.